The Morgan fingerprint density at radius 3 is 2.67 bits per heavy atom. The monoisotopic (exact) mass is 337 g/mol. The predicted molar refractivity (Wildman–Crippen MR) is 98.6 cm³/mol. The molecule has 0 aliphatic rings. The number of carbonyl (C=O) groups excluding carboxylic acids is 1. The Bertz CT molecular complexity index is 798. The third kappa shape index (κ3) is 4.06. The summed E-state index contributed by atoms with van der Waals surface area (Å²) in [5.41, 5.74) is 2.64. The molecule has 0 bridgehead atoms. The van der Waals surface area contributed by atoms with Gasteiger partial charge in [-0.25, -0.2) is 4.98 Å². The summed E-state index contributed by atoms with van der Waals surface area (Å²) in [7, 11) is 0. The number of benzene rings is 2. The minimum absolute atomic E-state index is 0.0895. The molecule has 1 heterocycles. The average Bonchev–Trinajstić information content (AvgIpc) is 3.10. The van der Waals surface area contributed by atoms with E-state index in [0.29, 0.717) is 5.56 Å². The number of hydrogen-bond donors (Lipinski definition) is 1. The average molecular weight is 337 g/mol. The first-order chi connectivity index (χ1) is 11.8. The van der Waals surface area contributed by atoms with Crippen LogP contribution in [0.1, 0.15) is 22.8 Å². The molecule has 0 spiro atoms. The van der Waals surface area contributed by atoms with Crippen LogP contribution in [-0.4, -0.2) is 21.2 Å². The molecule has 0 atom stereocenters. The van der Waals surface area contributed by atoms with Crippen molar-refractivity contribution in [2.45, 2.75) is 18.4 Å². The number of aromatic nitrogens is 2. The van der Waals surface area contributed by atoms with Crippen LogP contribution in [0.3, 0.4) is 0 Å². The molecule has 24 heavy (non-hydrogen) atoms. The summed E-state index contributed by atoms with van der Waals surface area (Å²) in [6, 6.07) is 15.5. The standard InChI is InChI=1S/C19H19N3OS/c1-2-24-18-6-4-3-5-17(18)21-19(23)16-9-7-15(8-10-16)13-22-12-11-20-14-22/h3-12,14H,2,13H2,1H3,(H,21,23). The molecule has 0 unspecified atom stereocenters. The van der Waals surface area contributed by atoms with Crippen molar-refractivity contribution < 1.29 is 4.79 Å². The molecule has 1 amide bonds. The summed E-state index contributed by atoms with van der Waals surface area (Å²) in [6.07, 6.45) is 5.46. The molecule has 2 aromatic carbocycles. The molecule has 0 saturated heterocycles. The third-order valence-electron chi connectivity index (χ3n) is 3.58. The molecular weight excluding hydrogens is 318 g/mol. The van der Waals surface area contributed by atoms with Gasteiger partial charge in [0, 0.05) is 29.4 Å². The van der Waals surface area contributed by atoms with Gasteiger partial charge in [-0.2, -0.15) is 0 Å². The van der Waals surface area contributed by atoms with E-state index in [2.05, 4.69) is 17.2 Å². The van der Waals surface area contributed by atoms with E-state index in [1.54, 1.807) is 24.3 Å². The van der Waals surface area contributed by atoms with E-state index in [0.717, 1.165) is 28.4 Å². The minimum atomic E-state index is -0.0895. The number of thioether (sulfide) groups is 1. The molecule has 5 heteroatoms. The van der Waals surface area contributed by atoms with Gasteiger partial charge in [0.15, 0.2) is 0 Å². The van der Waals surface area contributed by atoms with Gasteiger partial charge in [-0.05, 0) is 35.6 Å². The van der Waals surface area contributed by atoms with Crippen LogP contribution in [0.2, 0.25) is 0 Å². The van der Waals surface area contributed by atoms with Crippen molar-refractivity contribution in [3.8, 4) is 0 Å². The number of nitrogens with one attached hydrogen (secondary N) is 1. The van der Waals surface area contributed by atoms with Crippen molar-refractivity contribution in [2.24, 2.45) is 0 Å². The summed E-state index contributed by atoms with van der Waals surface area (Å²) in [4.78, 5) is 17.6. The molecule has 0 aliphatic carbocycles. The second kappa shape index (κ2) is 7.84. The van der Waals surface area contributed by atoms with Crippen molar-refractivity contribution >= 4 is 23.4 Å². The first-order valence-electron chi connectivity index (χ1n) is 7.84. The van der Waals surface area contributed by atoms with Crippen LogP contribution in [0.4, 0.5) is 5.69 Å². The highest BCUT2D eigenvalue weighted by Crippen LogP contribution is 2.27. The van der Waals surface area contributed by atoms with E-state index >= 15 is 0 Å². The van der Waals surface area contributed by atoms with Crippen LogP contribution in [0.25, 0.3) is 0 Å². The maximum Gasteiger partial charge on any atom is 0.255 e. The number of rotatable bonds is 6. The number of para-hydroxylation sites is 1. The summed E-state index contributed by atoms with van der Waals surface area (Å²) < 4.78 is 1.99. The quantitative estimate of drug-likeness (QED) is 0.682. The lowest BCUT2D eigenvalue weighted by Crippen LogP contribution is -2.12. The Hall–Kier alpha value is -2.53. The van der Waals surface area contributed by atoms with E-state index in [1.165, 1.54) is 0 Å². The van der Waals surface area contributed by atoms with Crippen LogP contribution >= 0.6 is 11.8 Å². The van der Waals surface area contributed by atoms with Crippen molar-refractivity contribution in [1.29, 1.82) is 0 Å². The number of nitrogens with zero attached hydrogens (tertiary/aromatic N) is 2. The van der Waals surface area contributed by atoms with Crippen molar-refractivity contribution in [3.05, 3.63) is 78.4 Å². The molecule has 0 aliphatic heterocycles. The number of imidazole rings is 1. The van der Waals surface area contributed by atoms with E-state index < -0.39 is 0 Å². The Morgan fingerprint density at radius 1 is 1.17 bits per heavy atom. The molecule has 0 radical (unpaired) electrons. The first kappa shape index (κ1) is 16.3. The molecule has 3 rings (SSSR count). The second-order valence-corrected chi connectivity index (χ2v) is 6.62. The van der Waals surface area contributed by atoms with Gasteiger partial charge in [-0.3, -0.25) is 4.79 Å². The van der Waals surface area contributed by atoms with Crippen LogP contribution < -0.4 is 5.32 Å². The van der Waals surface area contributed by atoms with Crippen molar-refractivity contribution in [1.82, 2.24) is 9.55 Å². The normalized spacial score (nSPS) is 10.5. The van der Waals surface area contributed by atoms with Gasteiger partial charge in [0.25, 0.3) is 5.91 Å². The van der Waals surface area contributed by atoms with E-state index in [9.17, 15) is 4.79 Å². The summed E-state index contributed by atoms with van der Waals surface area (Å²) >= 11 is 1.72. The number of hydrogen-bond acceptors (Lipinski definition) is 3. The Balaban J connectivity index is 1.69. The lowest BCUT2D eigenvalue weighted by molar-refractivity contribution is 0.102. The molecule has 0 saturated carbocycles. The first-order valence-corrected chi connectivity index (χ1v) is 8.82. The lowest BCUT2D eigenvalue weighted by atomic mass is 10.1. The highest BCUT2D eigenvalue weighted by Gasteiger charge is 2.09. The molecule has 1 N–H and O–H groups in total. The molecule has 122 valence electrons. The smallest absolute Gasteiger partial charge is 0.255 e. The van der Waals surface area contributed by atoms with Gasteiger partial charge < -0.3 is 9.88 Å². The number of carbonyl (C=O) groups is 1. The largest absolute Gasteiger partial charge is 0.333 e. The molecule has 3 aromatic rings. The minimum Gasteiger partial charge on any atom is -0.333 e. The predicted octanol–water partition coefficient (Wildman–Crippen LogP) is 4.30. The molecule has 1 aromatic heterocycles. The van der Waals surface area contributed by atoms with Crippen LogP contribution in [0.5, 0.6) is 0 Å². The Labute approximate surface area is 145 Å². The highest BCUT2D eigenvalue weighted by atomic mass is 32.2. The zero-order valence-corrected chi connectivity index (χ0v) is 14.3. The number of anilines is 1. The van der Waals surface area contributed by atoms with Crippen LogP contribution in [0, 0.1) is 0 Å². The molecule has 4 nitrogen and oxygen atoms in total. The van der Waals surface area contributed by atoms with Gasteiger partial charge in [0.2, 0.25) is 0 Å². The van der Waals surface area contributed by atoms with Gasteiger partial charge in [-0.15, -0.1) is 11.8 Å². The van der Waals surface area contributed by atoms with E-state index in [1.807, 2.05) is 59.3 Å². The Kier molecular flexibility index (Phi) is 5.33. The molecular formula is C19H19N3OS. The van der Waals surface area contributed by atoms with Gasteiger partial charge >= 0.3 is 0 Å². The van der Waals surface area contributed by atoms with Gasteiger partial charge in [0.1, 0.15) is 0 Å². The maximum absolute atomic E-state index is 12.5. The fourth-order valence-corrected chi connectivity index (χ4v) is 3.16. The fourth-order valence-electron chi connectivity index (χ4n) is 2.40. The van der Waals surface area contributed by atoms with Crippen molar-refractivity contribution in [2.75, 3.05) is 11.1 Å². The topological polar surface area (TPSA) is 46.9 Å². The molecule has 0 fully saturated rings. The van der Waals surface area contributed by atoms with Crippen LogP contribution in [-0.2, 0) is 6.54 Å². The number of amides is 1. The van der Waals surface area contributed by atoms with Crippen LogP contribution in [0.15, 0.2) is 72.1 Å². The second-order valence-electron chi connectivity index (χ2n) is 5.32. The fraction of sp³-hybridized carbons (Fsp3) is 0.158. The van der Waals surface area contributed by atoms with Gasteiger partial charge in [0.05, 0.1) is 12.0 Å². The lowest BCUT2D eigenvalue weighted by Gasteiger charge is -2.10. The highest BCUT2D eigenvalue weighted by molar-refractivity contribution is 7.99. The van der Waals surface area contributed by atoms with Crippen molar-refractivity contribution in [3.63, 3.8) is 0 Å². The maximum atomic E-state index is 12.5. The summed E-state index contributed by atoms with van der Waals surface area (Å²) in [5.74, 6) is 0.879. The third-order valence-corrected chi connectivity index (χ3v) is 4.53. The Morgan fingerprint density at radius 2 is 1.96 bits per heavy atom. The zero-order valence-electron chi connectivity index (χ0n) is 13.5. The zero-order chi connectivity index (χ0) is 16.8. The van der Waals surface area contributed by atoms with Gasteiger partial charge in [-0.1, -0.05) is 31.2 Å². The van der Waals surface area contributed by atoms with E-state index in [4.69, 9.17) is 0 Å². The SMILES string of the molecule is CCSc1ccccc1NC(=O)c1ccc(Cn2ccnc2)cc1. The van der Waals surface area contributed by atoms with E-state index in [-0.39, 0.29) is 5.91 Å². The summed E-state index contributed by atoms with van der Waals surface area (Å²) in [6.45, 7) is 2.85. The summed E-state index contributed by atoms with van der Waals surface area (Å²) in [5, 5.41) is 3.00.